The number of hydrogen-bond donors (Lipinski definition) is 2. The minimum atomic E-state index is -1.04. The van der Waals surface area contributed by atoms with Crippen molar-refractivity contribution in [1.29, 1.82) is 0 Å². The van der Waals surface area contributed by atoms with Gasteiger partial charge in [-0.15, -0.1) is 24.0 Å². The lowest BCUT2D eigenvalue weighted by molar-refractivity contribution is 0.355. The number of rotatable bonds is 7. The van der Waals surface area contributed by atoms with Gasteiger partial charge in [0.05, 0.1) is 25.0 Å². The Labute approximate surface area is 173 Å². The van der Waals surface area contributed by atoms with Gasteiger partial charge < -0.3 is 20.1 Å². The molecule has 0 aromatic heterocycles. The number of halogens is 1. The van der Waals surface area contributed by atoms with Crippen molar-refractivity contribution in [2.24, 2.45) is 4.99 Å². The van der Waals surface area contributed by atoms with Gasteiger partial charge in [0.25, 0.3) is 0 Å². The van der Waals surface area contributed by atoms with E-state index in [1.165, 1.54) is 0 Å². The molecule has 1 atom stereocenters. The zero-order valence-electron chi connectivity index (χ0n) is 15.0. The van der Waals surface area contributed by atoms with Crippen molar-refractivity contribution in [1.82, 2.24) is 5.32 Å². The van der Waals surface area contributed by atoms with Crippen molar-refractivity contribution < 1.29 is 13.7 Å². The van der Waals surface area contributed by atoms with E-state index in [0.717, 1.165) is 10.6 Å². The first-order valence-corrected chi connectivity index (χ1v) is 9.13. The molecule has 0 saturated heterocycles. The second-order valence-electron chi connectivity index (χ2n) is 5.06. The number of methoxy groups -OCH3 is 2. The number of nitrogens with zero attached hydrogens (tertiary/aromatic N) is 1. The predicted octanol–water partition coefficient (Wildman–Crippen LogP) is 3.12. The summed E-state index contributed by atoms with van der Waals surface area (Å²) in [4.78, 5) is 5.00. The summed E-state index contributed by atoms with van der Waals surface area (Å²) in [5, 5.41) is 6.33. The van der Waals surface area contributed by atoms with Crippen molar-refractivity contribution in [2.75, 3.05) is 38.9 Å². The maximum Gasteiger partial charge on any atom is 0.195 e. The Morgan fingerprint density at radius 1 is 1.08 bits per heavy atom. The Morgan fingerprint density at radius 2 is 1.77 bits per heavy atom. The van der Waals surface area contributed by atoms with Crippen LogP contribution in [-0.2, 0) is 10.8 Å². The van der Waals surface area contributed by atoms with Crippen molar-refractivity contribution in [3.63, 3.8) is 0 Å². The molecule has 2 N–H and O–H groups in total. The normalized spacial score (nSPS) is 11.9. The molecule has 0 aliphatic rings. The first kappa shape index (κ1) is 22.2. The summed E-state index contributed by atoms with van der Waals surface area (Å²) in [6.45, 7) is 0.536. The molecule has 0 bridgehead atoms. The highest BCUT2D eigenvalue weighted by molar-refractivity contribution is 14.0. The number of benzene rings is 2. The summed E-state index contributed by atoms with van der Waals surface area (Å²) in [6.07, 6.45) is 0. The number of hydrogen-bond acceptors (Lipinski definition) is 4. The first-order chi connectivity index (χ1) is 12.2. The van der Waals surface area contributed by atoms with Gasteiger partial charge in [-0.25, -0.2) is 0 Å². The predicted molar refractivity (Wildman–Crippen MR) is 118 cm³/mol. The standard InChI is InChI=1S/C18H23N3O3S.HI/c1-19-18(20-11-12-25(22)15-7-5-4-6-8-15)21-14-9-10-16(23-2)17(13-14)24-3;/h4-10,13H,11-12H2,1-3H3,(H2,19,20,21);1H. The third-order valence-corrected chi connectivity index (χ3v) is 4.83. The molecule has 0 fully saturated rings. The van der Waals surface area contributed by atoms with Gasteiger partial charge >= 0.3 is 0 Å². The molecule has 6 nitrogen and oxygen atoms in total. The van der Waals surface area contributed by atoms with Gasteiger partial charge in [-0.3, -0.25) is 9.20 Å². The van der Waals surface area contributed by atoms with Crippen LogP contribution in [0.1, 0.15) is 0 Å². The fourth-order valence-electron chi connectivity index (χ4n) is 2.18. The topological polar surface area (TPSA) is 72.0 Å². The molecular weight excluding hydrogens is 465 g/mol. The average molecular weight is 489 g/mol. The summed E-state index contributed by atoms with van der Waals surface area (Å²) < 4.78 is 22.7. The summed E-state index contributed by atoms with van der Waals surface area (Å²) in [5.74, 6) is 2.39. The molecule has 2 rings (SSSR count). The molecule has 26 heavy (non-hydrogen) atoms. The van der Waals surface area contributed by atoms with Crippen LogP contribution >= 0.6 is 24.0 Å². The zero-order valence-corrected chi connectivity index (χ0v) is 18.2. The smallest absolute Gasteiger partial charge is 0.195 e. The van der Waals surface area contributed by atoms with Crippen LogP contribution in [0.3, 0.4) is 0 Å². The third kappa shape index (κ3) is 6.49. The van der Waals surface area contributed by atoms with Gasteiger partial charge in [-0.2, -0.15) is 0 Å². The summed E-state index contributed by atoms with van der Waals surface area (Å²) in [6, 6.07) is 14.9. The van der Waals surface area contributed by atoms with Crippen LogP contribution in [-0.4, -0.2) is 43.7 Å². The van der Waals surface area contributed by atoms with Gasteiger partial charge in [-0.05, 0) is 24.3 Å². The highest BCUT2D eigenvalue weighted by Crippen LogP contribution is 2.29. The van der Waals surface area contributed by atoms with Crippen LogP contribution in [0.15, 0.2) is 58.4 Å². The van der Waals surface area contributed by atoms with Crippen LogP contribution in [0.2, 0.25) is 0 Å². The second kappa shape index (κ2) is 11.7. The largest absolute Gasteiger partial charge is 0.493 e. The van der Waals surface area contributed by atoms with Gasteiger partial charge in [-0.1, -0.05) is 18.2 Å². The quantitative estimate of drug-likeness (QED) is 0.356. The molecular formula is C18H24IN3O3S. The number of aliphatic imine (C=N–C) groups is 1. The minimum absolute atomic E-state index is 0. The lowest BCUT2D eigenvalue weighted by atomic mass is 10.3. The highest BCUT2D eigenvalue weighted by atomic mass is 127. The number of guanidine groups is 1. The molecule has 0 radical (unpaired) electrons. The SMILES string of the molecule is CN=C(NCCS(=O)c1ccccc1)Nc1ccc(OC)c(OC)c1.I. The van der Waals surface area contributed by atoms with Crippen molar-refractivity contribution >= 4 is 46.4 Å². The average Bonchev–Trinajstić information content (AvgIpc) is 2.67. The highest BCUT2D eigenvalue weighted by Gasteiger charge is 2.07. The molecule has 2 aromatic carbocycles. The van der Waals surface area contributed by atoms with E-state index >= 15 is 0 Å². The molecule has 0 aliphatic carbocycles. The lowest BCUT2D eigenvalue weighted by Crippen LogP contribution is -2.33. The number of ether oxygens (including phenoxy) is 2. The molecule has 142 valence electrons. The first-order valence-electron chi connectivity index (χ1n) is 7.81. The van der Waals surface area contributed by atoms with Crippen LogP contribution < -0.4 is 20.1 Å². The number of nitrogens with one attached hydrogen (secondary N) is 2. The van der Waals surface area contributed by atoms with Crippen LogP contribution in [0.4, 0.5) is 5.69 Å². The zero-order chi connectivity index (χ0) is 18.1. The summed E-state index contributed by atoms with van der Waals surface area (Å²) in [7, 11) is 3.83. The van der Waals surface area contributed by atoms with Crippen LogP contribution in [0, 0.1) is 0 Å². The maximum absolute atomic E-state index is 12.2. The molecule has 2 aromatic rings. The maximum atomic E-state index is 12.2. The second-order valence-corrected chi connectivity index (χ2v) is 6.63. The van der Waals surface area contributed by atoms with Crippen molar-refractivity contribution in [2.45, 2.75) is 4.90 Å². The Bertz CT molecular complexity index is 742. The van der Waals surface area contributed by atoms with Crippen molar-refractivity contribution in [3.8, 4) is 11.5 Å². The van der Waals surface area contributed by atoms with E-state index < -0.39 is 10.8 Å². The minimum Gasteiger partial charge on any atom is -0.493 e. The van der Waals surface area contributed by atoms with E-state index in [-0.39, 0.29) is 24.0 Å². The fourth-order valence-corrected chi connectivity index (χ4v) is 3.17. The van der Waals surface area contributed by atoms with Crippen LogP contribution in [0.5, 0.6) is 11.5 Å². The van der Waals surface area contributed by atoms with Gasteiger partial charge in [0.2, 0.25) is 0 Å². The molecule has 0 spiro atoms. The molecule has 0 aliphatic heterocycles. The van der Waals surface area contributed by atoms with Crippen LogP contribution in [0.25, 0.3) is 0 Å². The molecule has 1 unspecified atom stereocenters. The van der Waals surface area contributed by atoms with Crippen molar-refractivity contribution in [3.05, 3.63) is 48.5 Å². The van der Waals surface area contributed by atoms with E-state index in [4.69, 9.17) is 9.47 Å². The van der Waals surface area contributed by atoms with Gasteiger partial charge in [0.1, 0.15) is 0 Å². The molecule has 0 amide bonds. The summed E-state index contributed by atoms with van der Waals surface area (Å²) >= 11 is 0. The van der Waals surface area contributed by atoms with E-state index in [0.29, 0.717) is 29.8 Å². The molecule has 8 heteroatoms. The Hall–Kier alpha value is -1.81. The van der Waals surface area contributed by atoms with E-state index in [1.54, 1.807) is 21.3 Å². The Morgan fingerprint density at radius 3 is 2.38 bits per heavy atom. The van der Waals surface area contributed by atoms with Gasteiger partial charge in [0.15, 0.2) is 17.5 Å². The third-order valence-electron chi connectivity index (χ3n) is 3.46. The monoisotopic (exact) mass is 489 g/mol. The fraction of sp³-hybridized carbons (Fsp3) is 0.278. The Balaban J connectivity index is 0.00000338. The van der Waals surface area contributed by atoms with Gasteiger partial charge in [0, 0.05) is 36.0 Å². The molecule has 0 saturated carbocycles. The molecule has 0 heterocycles. The number of anilines is 1. The van der Waals surface area contributed by atoms with E-state index in [1.807, 2.05) is 48.5 Å². The Kier molecular flexibility index (Phi) is 10.0. The van der Waals surface area contributed by atoms with E-state index in [9.17, 15) is 4.21 Å². The lowest BCUT2D eigenvalue weighted by Gasteiger charge is -2.14. The summed E-state index contributed by atoms with van der Waals surface area (Å²) in [5.41, 5.74) is 0.815. The van der Waals surface area contributed by atoms with E-state index in [2.05, 4.69) is 15.6 Å².